The maximum atomic E-state index is 13.1. The van der Waals surface area contributed by atoms with Crippen LogP contribution in [0.25, 0.3) is 11.3 Å². The molecule has 1 N–H and O–H groups in total. The minimum atomic E-state index is -3.57. The third kappa shape index (κ3) is 5.15. The minimum absolute atomic E-state index is 0.0369. The van der Waals surface area contributed by atoms with E-state index in [1.54, 1.807) is 22.5 Å². The van der Waals surface area contributed by atoms with Crippen molar-refractivity contribution in [2.75, 3.05) is 18.5 Å². The Bertz CT molecular complexity index is 1220. The van der Waals surface area contributed by atoms with Gasteiger partial charge in [-0.1, -0.05) is 18.5 Å². The minimum Gasteiger partial charge on any atom is -0.494 e. The summed E-state index contributed by atoms with van der Waals surface area (Å²) in [7, 11) is -3.57. The Morgan fingerprint density at radius 3 is 2.53 bits per heavy atom. The van der Waals surface area contributed by atoms with Crippen molar-refractivity contribution in [3.63, 3.8) is 0 Å². The molecule has 9 heteroatoms. The molecule has 3 aromatic rings. The van der Waals surface area contributed by atoms with Crippen LogP contribution in [0.15, 0.2) is 64.0 Å². The number of benzene rings is 2. The van der Waals surface area contributed by atoms with Crippen molar-refractivity contribution in [2.24, 2.45) is 0 Å². The number of carbonyl (C=O) groups is 1. The second kappa shape index (κ2) is 10.4. The Balaban J connectivity index is 1.43. The van der Waals surface area contributed by atoms with Crippen molar-refractivity contribution in [3.05, 3.63) is 60.3 Å². The molecule has 0 spiro atoms. The maximum Gasteiger partial charge on any atom is 0.277 e. The van der Waals surface area contributed by atoms with Gasteiger partial charge in [0, 0.05) is 29.9 Å². The van der Waals surface area contributed by atoms with Gasteiger partial charge in [0.05, 0.1) is 11.5 Å². The average Bonchev–Trinajstić information content (AvgIpc) is 3.36. The third-order valence-electron chi connectivity index (χ3n) is 5.96. The highest BCUT2D eigenvalue weighted by Gasteiger charge is 2.32. The van der Waals surface area contributed by atoms with Crippen LogP contribution in [-0.4, -0.2) is 43.0 Å². The zero-order valence-corrected chi connectivity index (χ0v) is 20.2. The van der Waals surface area contributed by atoms with Crippen LogP contribution in [0.3, 0.4) is 0 Å². The molecule has 1 saturated heterocycles. The largest absolute Gasteiger partial charge is 0.494 e. The van der Waals surface area contributed by atoms with Gasteiger partial charge >= 0.3 is 0 Å². The lowest BCUT2D eigenvalue weighted by atomic mass is 10.0. The van der Waals surface area contributed by atoms with E-state index in [0.717, 1.165) is 37.0 Å². The average molecular weight is 484 g/mol. The van der Waals surface area contributed by atoms with Gasteiger partial charge in [0.25, 0.3) is 5.91 Å². The second-order valence-electron chi connectivity index (χ2n) is 8.19. The molecule has 1 atom stereocenters. The molecule has 0 aliphatic carbocycles. The van der Waals surface area contributed by atoms with Gasteiger partial charge in [-0.3, -0.25) is 4.79 Å². The van der Waals surface area contributed by atoms with Gasteiger partial charge < -0.3 is 14.6 Å². The normalized spacial score (nSPS) is 16.8. The fraction of sp³-hybridized carbons (Fsp3) is 0.360. The first kappa shape index (κ1) is 24.0. The van der Waals surface area contributed by atoms with Gasteiger partial charge in [-0.15, -0.1) is 0 Å². The molecule has 2 heterocycles. The van der Waals surface area contributed by atoms with Gasteiger partial charge in [0.1, 0.15) is 5.75 Å². The van der Waals surface area contributed by atoms with E-state index in [0.29, 0.717) is 24.6 Å². The molecule has 1 amide bonds. The molecule has 0 radical (unpaired) electrons. The van der Waals surface area contributed by atoms with Crippen LogP contribution in [0, 0.1) is 0 Å². The number of amides is 1. The van der Waals surface area contributed by atoms with Crippen molar-refractivity contribution in [1.29, 1.82) is 0 Å². The van der Waals surface area contributed by atoms with Gasteiger partial charge in [-0.2, -0.15) is 4.31 Å². The summed E-state index contributed by atoms with van der Waals surface area (Å²) in [5.41, 5.74) is 1.37. The highest BCUT2D eigenvalue weighted by atomic mass is 32.2. The van der Waals surface area contributed by atoms with Crippen LogP contribution < -0.4 is 10.1 Å². The first-order valence-corrected chi connectivity index (χ1v) is 13.0. The van der Waals surface area contributed by atoms with Crippen LogP contribution in [0.2, 0.25) is 0 Å². The molecule has 1 aliphatic heterocycles. The number of carbonyl (C=O) groups excluding carboxylic acids is 1. The zero-order valence-electron chi connectivity index (χ0n) is 19.4. The highest BCUT2D eigenvalue weighted by molar-refractivity contribution is 7.89. The fourth-order valence-corrected chi connectivity index (χ4v) is 5.91. The highest BCUT2D eigenvalue weighted by Crippen LogP contribution is 2.28. The number of anilines is 1. The molecule has 2 aromatic carbocycles. The summed E-state index contributed by atoms with van der Waals surface area (Å²) in [4.78, 5) is 12.9. The molecule has 0 bridgehead atoms. The summed E-state index contributed by atoms with van der Waals surface area (Å²) < 4.78 is 38.6. The number of rotatable bonds is 8. The Labute approximate surface area is 200 Å². The lowest BCUT2D eigenvalue weighted by Crippen LogP contribution is -2.43. The molecule has 1 aliphatic rings. The van der Waals surface area contributed by atoms with Crippen LogP contribution in [-0.2, 0) is 10.0 Å². The second-order valence-corrected chi connectivity index (χ2v) is 10.1. The monoisotopic (exact) mass is 483 g/mol. The molecule has 4 rings (SSSR count). The number of hydrogen-bond donors (Lipinski definition) is 1. The maximum absolute atomic E-state index is 13.1. The van der Waals surface area contributed by atoms with E-state index in [1.807, 2.05) is 38.1 Å². The predicted molar refractivity (Wildman–Crippen MR) is 129 cm³/mol. The van der Waals surface area contributed by atoms with E-state index >= 15 is 0 Å². The molecule has 180 valence electrons. The number of ether oxygens (including phenoxy) is 1. The molecule has 0 unspecified atom stereocenters. The molecule has 1 fully saturated rings. The van der Waals surface area contributed by atoms with Crippen molar-refractivity contribution < 1.29 is 22.5 Å². The van der Waals surface area contributed by atoms with E-state index in [9.17, 15) is 13.2 Å². The summed E-state index contributed by atoms with van der Waals surface area (Å²) in [5.74, 6) is 0.764. The molecular weight excluding hydrogens is 454 g/mol. The van der Waals surface area contributed by atoms with Crippen LogP contribution in [0.4, 0.5) is 5.69 Å². The Hall–Kier alpha value is -3.17. The molecule has 8 nitrogen and oxygen atoms in total. The SMILES string of the molecule is CCOc1ccc(-c2cc(C(=O)Nc3ccc(S(=O)(=O)N4CCCC[C@H]4CC)cc3)no2)cc1. The van der Waals surface area contributed by atoms with Gasteiger partial charge in [-0.05, 0) is 74.7 Å². The Morgan fingerprint density at radius 1 is 1.12 bits per heavy atom. The van der Waals surface area contributed by atoms with Crippen molar-refractivity contribution in [3.8, 4) is 17.1 Å². The van der Waals surface area contributed by atoms with E-state index in [2.05, 4.69) is 10.5 Å². The lowest BCUT2D eigenvalue weighted by Gasteiger charge is -2.34. The smallest absolute Gasteiger partial charge is 0.277 e. The van der Waals surface area contributed by atoms with E-state index in [4.69, 9.17) is 9.26 Å². The number of piperidine rings is 1. The molecule has 1 aromatic heterocycles. The lowest BCUT2D eigenvalue weighted by molar-refractivity contribution is 0.101. The van der Waals surface area contributed by atoms with Gasteiger partial charge in [0.15, 0.2) is 11.5 Å². The molecular formula is C25H29N3O5S. The van der Waals surface area contributed by atoms with E-state index < -0.39 is 15.9 Å². The van der Waals surface area contributed by atoms with Crippen molar-refractivity contribution in [2.45, 2.75) is 50.5 Å². The summed E-state index contributed by atoms with van der Waals surface area (Å²) in [6, 6.07) is 15.1. The number of nitrogens with one attached hydrogen (secondary N) is 1. The zero-order chi connectivity index (χ0) is 24.1. The first-order chi connectivity index (χ1) is 16.4. The Kier molecular flexibility index (Phi) is 7.33. The quantitative estimate of drug-likeness (QED) is 0.487. The summed E-state index contributed by atoms with van der Waals surface area (Å²) >= 11 is 0. The predicted octanol–water partition coefficient (Wildman–Crippen LogP) is 4.95. The van der Waals surface area contributed by atoms with Gasteiger partial charge in [-0.25, -0.2) is 8.42 Å². The standard InChI is InChI=1S/C25H29N3O5S/c1-3-20-7-5-6-16-28(20)34(30,31)22-14-10-19(11-15-22)26-25(29)23-17-24(33-27-23)18-8-12-21(13-9-18)32-4-2/h8-15,17,20H,3-7,16H2,1-2H3,(H,26,29)/t20-/m1/s1. The molecule has 0 saturated carbocycles. The topological polar surface area (TPSA) is 102 Å². The third-order valence-corrected chi connectivity index (χ3v) is 7.92. The van der Waals surface area contributed by atoms with Crippen LogP contribution in [0.1, 0.15) is 50.0 Å². The fourth-order valence-electron chi connectivity index (χ4n) is 4.14. The summed E-state index contributed by atoms with van der Waals surface area (Å²) in [6.07, 6.45) is 3.61. The number of sulfonamides is 1. The van der Waals surface area contributed by atoms with Crippen LogP contribution in [0.5, 0.6) is 5.75 Å². The molecule has 34 heavy (non-hydrogen) atoms. The van der Waals surface area contributed by atoms with E-state index in [1.165, 1.54) is 12.1 Å². The van der Waals surface area contributed by atoms with E-state index in [-0.39, 0.29) is 16.6 Å². The summed E-state index contributed by atoms with van der Waals surface area (Å²) in [5, 5.41) is 6.60. The number of hydrogen-bond acceptors (Lipinski definition) is 6. The number of nitrogens with zero attached hydrogens (tertiary/aromatic N) is 2. The van der Waals surface area contributed by atoms with Crippen molar-refractivity contribution in [1.82, 2.24) is 9.46 Å². The van der Waals surface area contributed by atoms with Crippen LogP contribution >= 0.6 is 0 Å². The summed E-state index contributed by atoms with van der Waals surface area (Å²) in [6.45, 7) is 5.05. The van der Waals surface area contributed by atoms with Gasteiger partial charge in [0.2, 0.25) is 10.0 Å². The Morgan fingerprint density at radius 2 is 1.85 bits per heavy atom. The first-order valence-electron chi connectivity index (χ1n) is 11.6. The number of aromatic nitrogens is 1. The van der Waals surface area contributed by atoms with Crippen molar-refractivity contribution >= 4 is 21.6 Å².